The molecular weight excluding hydrogens is 447 g/mol. The lowest BCUT2D eigenvalue weighted by atomic mass is 10.1. The predicted octanol–water partition coefficient (Wildman–Crippen LogP) is 4.32. The van der Waals surface area contributed by atoms with Gasteiger partial charge in [-0.1, -0.05) is 60.7 Å². The maximum absolute atomic E-state index is 13.0. The van der Waals surface area contributed by atoms with Crippen molar-refractivity contribution in [3.05, 3.63) is 106 Å². The van der Waals surface area contributed by atoms with Gasteiger partial charge in [0.15, 0.2) is 12.3 Å². The van der Waals surface area contributed by atoms with E-state index in [0.29, 0.717) is 16.3 Å². The van der Waals surface area contributed by atoms with Crippen LogP contribution in [0.2, 0.25) is 0 Å². The van der Waals surface area contributed by atoms with Gasteiger partial charge in [-0.25, -0.2) is 4.68 Å². The molecule has 1 heterocycles. The molecule has 4 aromatic rings. The first kappa shape index (κ1) is 23.0. The van der Waals surface area contributed by atoms with Gasteiger partial charge in [-0.15, -0.1) is 0 Å². The summed E-state index contributed by atoms with van der Waals surface area (Å²) in [7, 11) is 0. The fourth-order valence-electron chi connectivity index (χ4n) is 3.40. The molecule has 4 rings (SSSR count). The maximum Gasteiger partial charge on any atom is 0.422 e. The number of nitrogens with one attached hydrogen (secondary N) is 1. The molecule has 9 heteroatoms. The van der Waals surface area contributed by atoms with Gasteiger partial charge in [0.25, 0.3) is 11.5 Å². The number of rotatable bonds is 7. The van der Waals surface area contributed by atoms with Gasteiger partial charge >= 0.3 is 6.18 Å². The van der Waals surface area contributed by atoms with Crippen LogP contribution in [0.25, 0.3) is 10.8 Å². The Morgan fingerprint density at radius 3 is 2.21 bits per heavy atom. The first-order chi connectivity index (χ1) is 16.3. The van der Waals surface area contributed by atoms with Crippen molar-refractivity contribution in [1.29, 1.82) is 0 Å². The Morgan fingerprint density at radius 2 is 1.53 bits per heavy atom. The second-order valence-electron chi connectivity index (χ2n) is 7.57. The van der Waals surface area contributed by atoms with Crippen LogP contribution < -0.4 is 15.6 Å². The number of alkyl halides is 3. The third kappa shape index (κ3) is 5.61. The minimum absolute atomic E-state index is 0.0769. The van der Waals surface area contributed by atoms with Crippen molar-refractivity contribution in [3.8, 4) is 5.75 Å². The summed E-state index contributed by atoms with van der Waals surface area (Å²) in [6, 6.07) is 22.0. The number of benzene rings is 3. The van der Waals surface area contributed by atoms with Crippen LogP contribution in [0.4, 0.5) is 13.2 Å². The lowest BCUT2D eigenvalue weighted by molar-refractivity contribution is -0.153. The normalized spacial score (nSPS) is 11.4. The smallest absolute Gasteiger partial charge is 0.422 e. The number of fused-ring (bicyclic) bond motifs is 1. The average Bonchev–Trinajstić information content (AvgIpc) is 2.84. The molecule has 0 saturated carbocycles. The minimum Gasteiger partial charge on any atom is -0.484 e. The summed E-state index contributed by atoms with van der Waals surface area (Å²) in [5.41, 5.74) is 1.34. The van der Waals surface area contributed by atoms with E-state index in [1.807, 2.05) is 30.3 Å². The van der Waals surface area contributed by atoms with Crippen molar-refractivity contribution in [1.82, 2.24) is 15.1 Å². The molecule has 1 amide bonds. The highest BCUT2D eigenvalue weighted by Gasteiger charge is 2.28. The SMILES string of the molecule is O=C(NCc1ccc(OCC(F)(F)F)cc1)c1nn(Cc2ccccc2)c(=O)c2ccccc12. The fraction of sp³-hybridized carbons (Fsp3) is 0.160. The standard InChI is InChI=1S/C25H20F3N3O3/c26-25(27,28)16-34-19-12-10-17(11-13-19)14-29-23(32)22-20-8-4-5-9-21(20)24(33)31(30-22)15-18-6-2-1-3-7-18/h1-13H,14-16H2,(H,29,32). The molecule has 6 nitrogen and oxygen atoms in total. The minimum atomic E-state index is -4.42. The number of carbonyl (C=O) groups is 1. The Labute approximate surface area is 192 Å². The molecule has 0 saturated heterocycles. The third-order valence-electron chi connectivity index (χ3n) is 5.04. The third-order valence-corrected chi connectivity index (χ3v) is 5.04. The molecule has 1 N–H and O–H groups in total. The van der Waals surface area contributed by atoms with E-state index in [2.05, 4.69) is 15.2 Å². The molecule has 174 valence electrons. The van der Waals surface area contributed by atoms with Gasteiger partial charge < -0.3 is 10.1 Å². The molecule has 0 atom stereocenters. The van der Waals surface area contributed by atoms with E-state index >= 15 is 0 Å². The summed E-state index contributed by atoms with van der Waals surface area (Å²) in [6.07, 6.45) is -4.42. The molecule has 0 fully saturated rings. The van der Waals surface area contributed by atoms with Gasteiger partial charge in [-0.2, -0.15) is 18.3 Å². The highest BCUT2D eigenvalue weighted by atomic mass is 19.4. The molecule has 0 aliphatic heterocycles. The van der Waals surface area contributed by atoms with E-state index in [-0.39, 0.29) is 30.1 Å². The van der Waals surface area contributed by atoms with Crippen molar-refractivity contribution in [2.75, 3.05) is 6.61 Å². The summed E-state index contributed by atoms with van der Waals surface area (Å²) >= 11 is 0. The largest absolute Gasteiger partial charge is 0.484 e. The monoisotopic (exact) mass is 467 g/mol. The average molecular weight is 467 g/mol. The first-order valence-corrected chi connectivity index (χ1v) is 10.4. The number of aromatic nitrogens is 2. The molecule has 34 heavy (non-hydrogen) atoms. The zero-order valence-corrected chi connectivity index (χ0v) is 17.9. The number of ether oxygens (including phenoxy) is 1. The maximum atomic E-state index is 13.0. The summed E-state index contributed by atoms with van der Waals surface area (Å²) < 4.78 is 42.8. The van der Waals surface area contributed by atoms with Gasteiger partial charge in [0.1, 0.15) is 5.75 Å². The van der Waals surface area contributed by atoms with Crippen LogP contribution in [-0.2, 0) is 13.1 Å². The van der Waals surface area contributed by atoms with E-state index in [0.717, 1.165) is 5.56 Å². The van der Waals surface area contributed by atoms with Crippen LogP contribution in [0.15, 0.2) is 83.7 Å². The number of hydrogen-bond acceptors (Lipinski definition) is 4. The van der Waals surface area contributed by atoms with E-state index in [9.17, 15) is 22.8 Å². The molecule has 0 aliphatic carbocycles. The molecule has 0 unspecified atom stereocenters. The van der Waals surface area contributed by atoms with Crippen molar-refractivity contribution >= 4 is 16.7 Å². The molecule has 0 aliphatic rings. The summed E-state index contributed by atoms with van der Waals surface area (Å²) in [5, 5.41) is 7.91. The number of hydrogen-bond donors (Lipinski definition) is 1. The van der Waals surface area contributed by atoms with Crippen LogP contribution in [0.5, 0.6) is 5.75 Å². The second kappa shape index (κ2) is 9.78. The van der Waals surface area contributed by atoms with Crippen LogP contribution >= 0.6 is 0 Å². The highest BCUT2D eigenvalue weighted by Crippen LogP contribution is 2.19. The lowest BCUT2D eigenvalue weighted by Crippen LogP contribution is -2.30. The molecular formula is C25H20F3N3O3. The van der Waals surface area contributed by atoms with E-state index in [1.165, 1.54) is 16.8 Å². The van der Waals surface area contributed by atoms with Crippen molar-refractivity contribution in [3.63, 3.8) is 0 Å². The Balaban J connectivity index is 1.53. The van der Waals surface area contributed by atoms with Gasteiger partial charge in [-0.05, 0) is 29.3 Å². The van der Waals surface area contributed by atoms with Gasteiger partial charge in [0.05, 0.1) is 11.9 Å². The van der Waals surface area contributed by atoms with Crippen LogP contribution in [0, 0.1) is 0 Å². The molecule has 0 spiro atoms. The van der Waals surface area contributed by atoms with Crippen molar-refractivity contribution < 1.29 is 22.7 Å². The molecule has 3 aromatic carbocycles. The topological polar surface area (TPSA) is 73.2 Å². The molecule has 1 aromatic heterocycles. The molecule has 0 radical (unpaired) electrons. The quantitative estimate of drug-likeness (QED) is 0.440. The molecule has 0 bridgehead atoms. The Hall–Kier alpha value is -4.14. The van der Waals surface area contributed by atoms with Gasteiger partial charge in [-0.3, -0.25) is 9.59 Å². The Kier molecular flexibility index (Phi) is 6.62. The number of amides is 1. The number of nitrogens with zero attached hydrogens (tertiary/aromatic N) is 2. The van der Waals surface area contributed by atoms with Gasteiger partial charge in [0, 0.05) is 11.9 Å². The summed E-state index contributed by atoms with van der Waals surface area (Å²) in [6.45, 7) is -1.04. The zero-order chi connectivity index (χ0) is 24.1. The van der Waals surface area contributed by atoms with E-state index in [1.54, 1.807) is 36.4 Å². The van der Waals surface area contributed by atoms with Crippen LogP contribution in [0.3, 0.4) is 0 Å². The number of halogens is 3. The van der Waals surface area contributed by atoms with E-state index in [4.69, 9.17) is 0 Å². The fourth-order valence-corrected chi connectivity index (χ4v) is 3.40. The van der Waals surface area contributed by atoms with E-state index < -0.39 is 18.7 Å². The number of carbonyl (C=O) groups excluding carboxylic acids is 1. The Bertz CT molecular complexity index is 1350. The lowest BCUT2D eigenvalue weighted by Gasteiger charge is -2.12. The van der Waals surface area contributed by atoms with Crippen LogP contribution in [0.1, 0.15) is 21.6 Å². The Morgan fingerprint density at radius 1 is 0.882 bits per heavy atom. The predicted molar refractivity (Wildman–Crippen MR) is 121 cm³/mol. The van der Waals surface area contributed by atoms with Crippen molar-refractivity contribution in [2.45, 2.75) is 19.3 Å². The second-order valence-corrected chi connectivity index (χ2v) is 7.57. The summed E-state index contributed by atoms with van der Waals surface area (Å²) in [5.74, 6) is -0.400. The van der Waals surface area contributed by atoms with Crippen LogP contribution in [-0.4, -0.2) is 28.5 Å². The summed E-state index contributed by atoms with van der Waals surface area (Å²) in [4.78, 5) is 25.9. The first-order valence-electron chi connectivity index (χ1n) is 10.4. The zero-order valence-electron chi connectivity index (χ0n) is 17.9. The highest BCUT2D eigenvalue weighted by molar-refractivity contribution is 6.04. The van der Waals surface area contributed by atoms with Gasteiger partial charge in [0.2, 0.25) is 0 Å². The van der Waals surface area contributed by atoms with Crippen molar-refractivity contribution in [2.24, 2.45) is 0 Å².